The lowest BCUT2D eigenvalue weighted by Gasteiger charge is -2.39. The van der Waals surface area contributed by atoms with Gasteiger partial charge in [0.1, 0.15) is 0 Å². The van der Waals surface area contributed by atoms with E-state index in [0.29, 0.717) is 12.5 Å². The zero-order chi connectivity index (χ0) is 19.3. The third-order valence-corrected chi connectivity index (χ3v) is 5.41. The van der Waals surface area contributed by atoms with Gasteiger partial charge in [0.25, 0.3) is 0 Å². The highest BCUT2D eigenvalue weighted by molar-refractivity contribution is 5.79. The Morgan fingerprint density at radius 1 is 1.19 bits per heavy atom. The summed E-state index contributed by atoms with van der Waals surface area (Å²) in [5.41, 5.74) is 2.14. The summed E-state index contributed by atoms with van der Waals surface area (Å²) >= 11 is 0. The summed E-state index contributed by atoms with van der Waals surface area (Å²) in [6, 6.07) is 8.57. The third kappa shape index (κ3) is 5.56. The van der Waals surface area contributed by atoms with Crippen molar-refractivity contribution in [2.24, 2.45) is 0 Å². The highest BCUT2D eigenvalue weighted by Gasteiger charge is 2.28. The lowest BCUT2D eigenvalue weighted by atomic mass is 9.99. The van der Waals surface area contributed by atoms with Crippen LogP contribution in [0.1, 0.15) is 57.2 Å². The van der Waals surface area contributed by atoms with E-state index in [1.54, 1.807) is 0 Å². The standard InChI is InChI=1S/C21H33N3O2/c1-15(2)24-12-10-19(11-13-24)23(5)21(26)14-20(22-17(4)25)18-8-6-16(3)7-9-18/h6-9,15,19-20H,10-14H2,1-5H3,(H,22,25). The number of carbonyl (C=O) groups is 2. The number of amides is 2. The smallest absolute Gasteiger partial charge is 0.224 e. The van der Waals surface area contributed by atoms with Gasteiger partial charge >= 0.3 is 0 Å². The summed E-state index contributed by atoms with van der Waals surface area (Å²) < 4.78 is 0. The van der Waals surface area contributed by atoms with Crippen LogP contribution < -0.4 is 5.32 Å². The van der Waals surface area contributed by atoms with Crippen LogP contribution in [0, 0.1) is 6.92 Å². The fourth-order valence-corrected chi connectivity index (χ4v) is 3.61. The van der Waals surface area contributed by atoms with E-state index in [9.17, 15) is 9.59 Å². The Labute approximate surface area is 157 Å². The van der Waals surface area contributed by atoms with Gasteiger partial charge in [0.15, 0.2) is 0 Å². The molecule has 5 nitrogen and oxygen atoms in total. The van der Waals surface area contributed by atoms with Crippen molar-refractivity contribution in [1.82, 2.24) is 15.1 Å². The molecule has 1 N–H and O–H groups in total. The van der Waals surface area contributed by atoms with Crippen molar-refractivity contribution >= 4 is 11.8 Å². The van der Waals surface area contributed by atoms with Crippen molar-refractivity contribution in [2.75, 3.05) is 20.1 Å². The van der Waals surface area contributed by atoms with Gasteiger partial charge in [0.05, 0.1) is 12.5 Å². The van der Waals surface area contributed by atoms with Crippen LogP contribution in [-0.2, 0) is 9.59 Å². The van der Waals surface area contributed by atoms with Gasteiger partial charge in [-0.25, -0.2) is 0 Å². The van der Waals surface area contributed by atoms with Crippen LogP contribution in [0.2, 0.25) is 0 Å². The SMILES string of the molecule is CC(=O)NC(CC(=O)N(C)C1CCN(C(C)C)CC1)c1ccc(C)cc1. The molecule has 1 aromatic carbocycles. The van der Waals surface area contributed by atoms with Crippen molar-refractivity contribution in [3.63, 3.8) is 0 Å². The highest BCUT2D eigenvalue weighted by Crippen LogP contribution is 2.22. The van der Waals surface area contributed by atoms with Crippen molar-refractivity contribution in [3.8, 4) is 0 Å². The summed E-state index contributed by atoms with van der Waals surface area (Å²) in [5.74, 6) is -0.0245. The highest BCUT2D eigenvalue weighted by atomic mass is 16.2. The number of nitrogens with one attached hydrogen (secondary N) is 1. The van der Waals surface area contributed by atoms with Crippen LogP contribution in [0.3, 0.4) is 0 Å². The molecule has 0 radical (unpaired) electrons. The first-order chi connectivity index (χ1) is 12.3. The summed E-state index contributed by atoms with van der Waals surface area (Å²) in [4.78, 5) is 28.8. The second-order valence-corrected chi connectivity index (χ2v) is 7.73. The average Bonchev–Trinajstić information content (AvgIpc) is 2.60. The molecule has 0 saturated carbocycles. The first-order valence-corrected chi connectivity index (χ1v) is 9.61. The molecule has 0 bridgehead atoms. The zero-order valence-electron chi connectivity index (χ0n) is 16.8. The minimum Gasteiger partial charge on any atom is -0.349 e. The number of hydrogen-bond donors (Lipinski definition) is 1. The van der Waals surface area contributed by atoms with Crippen LogP contribution in [0.25, 0.3) is 0 Å². The van der Waals surface area contributed by atoms with E-state index in [2.05, 4.69) is 24.1 Å². The van der Waals surface area contributed by atoms with Gasteiger partial charge in [-0.05, 0) is 39.2 Å². The molecule has 0 aliphatic carbocycles. The number of aryl methyl sites for hydroxylation is 1. The van der Waals surface area contributed by atoms with E-state index in [4.69, 9.17) is 0 Å². The normalized spacial score (nSPS) is 17.2. The molecule has 1 unspecified atom stereocenters. The van der Waals surface area contributed by atoms with Crippen molar-refractivity contribution in [1.29, 1.82) is 0 Å². The average molecular weight is 360 g/mol. The maximum Gasteiger partial charge on any atom is 0.224 e. The van der Waals surface area contributed by atoms with Crippen molar-refractivity contribution in [3.05, 3.63) is 35.4 Å². The molecule has 1 heterocycles. The Morgan fingerprint density at radius 3 is 2.27 bits per heavy atom. The molecule has 0 aromatic heterocycles. The fourth-order valence-electron chi connectivity index (χ4n) is 3.61. The van der Waals surface area contributed by atoms with E-state index in [-0.39, 0.29) is 23.9 Å². The van der Waals surface area contributed by atoms with E-state index in [0.717, 1.165) is 37.1 Å². The fraction of sp³-hybridized carbons (Fsp3) is 0.619. The molecule has 1 aliphatic heterocycles. The number of nitrogens with zero attached hydrogens (tertiary/aromatic N) is 2. The number of rotatable bonds is 6. The van der Waals surface area contributed by atoms with Gasteiger partial charge in [-0.2, -0.15) is 0 Å². The van der Waals surface area contributed by atoms with Crippen LogP contribution in [0.5, 0.6) is 0 Å². The van der Waals surface area contributed by atoms with E-state index < -0.39 is 0 Å². The number of carbonyl (C=O) groups excluding carboxylic acids is 2. The molecule has 144 valence electrons. The van der Waals surface area contributed by atoms with Crippen LogP contribution in [0.4, 0.5) is 0 Å². The Kier molecular flexibility index (Phi) is 7.21. The monoisotopic (exact) mass is 359 g/mol. The molecule has 1 atom stereocenters. The predicted molar refractivity (Wildman–Crippen MR) is 105 cm³/mol. The topological polar surface area (TPSA) is 52.7 Å². The quantitative estimate of drug-likeness (QED) is 0.850. The third-order valence-electron chi connectivity index (χ3n) is 5.41. The van der Waals surface area contributed by atoms with E-state index in [1.165, 1.54) is 6.92 Å². The largest absolute Gasteiger partial charge is 0.349 e. The zero-order valence-corrected chi connectivity index (χ0v) is 16.8. The molecule has 1 aliphatic rings. The van der Waals surface area contributed by atoms with Crippen LogP contribution in [-0.4, -0.2) is 53.8 Å². The number of likely N-dealkylation sites (tertiary alicyclic amines) is 1. The van der Waals surface area contributed by atoms with E-state index in [1.807, 2.05) is 43.1 Å². The first-order valence-electron chi connectivity index (χ1n) is 9.61. The molecule has 26 heavy (non-hydrogen) atoms. The maximum absolute atomic E-state index is 12.9. The second-order valence-electron chi connectivity index (χ2n) is 7.73. The van der Waals surface area contributed by atoms with Gasteiger partial charge in [0, 0.05) is 39.1 Å². The molecule has 2 amide bonds. The lowest BCUT2D eigenvalue weighted by Crippen LogP contribution is -2.48. The molecular formula is C21H33N3O2. The Bertz CT molecular complexity index is 604. The van der Waals surface area contributed by atoms with Crippen LogP contribution in [0.15, 0.2) is 24.3 Å². The molecule has 1 saturated heterocycles. The van der Waals surface area contributed by atoms with Gasteiger partial charge in [-0.1, -0.05) is 29.8 Å². The second kappa shape index (κ2) is 9.17. The minimum atomic E-state index is -0.279. The summed E-state index contributed by atoms with van der Waals surface area (Å²) in [7, 11) is 1.90. The van der Waals surface area contributed by atoms with Gasteiger partial charge in [-0.3, -0.25) is 9.59 Å². The maximum atomic E-state index is 12.9. The van der Waals surface area contributed by atoms with Crippen molar-refractivity contribution < 1.29 is 9.59 Å². The summed E-state index contributed by atoms with van der Waals surface area (Å²) in [5, 5.41) is 2.93. The van der Waals surface area contributed by atoms with Crippen LogP contribution >= 0.6 is 0 Å². The number of piperidine rings is 1. The Balaban J connectivity index is 1.99. The summed E-state index contributed by atoms with van der Waals surface area (Å²) in [6.45, 7) is 10.0. The first kappa shape index (κ1) is 20.4. The molecule has 1 aromatic rings. The minimum absolute atomic E-state index is 0.0901. The van der Waals surface area contributed by atoms with Crippen molar-refractivity contribution in [2.45, 2.75) is 65.1 Å². The Morgan fingerprint density at radius 2 is 1.77 bits per heavy atom. The number of hydrogen-bond acceptors (Lipinski definition) is 3. The molecule has 0 spiro atoms. The van der Waals surface area contributed by atoms with Gasteiger partial charge in [-0.15, -0.1) is 0 Å². The van der Waals surface area contributed by atoms with Gasteiger partial charge < -0.3 is 15.1 Å². The molecule has 1 fully saturated rings. The molecule has 2 rings (SSSR count). The lowest BCUT2D eigenvalue weighted by molar-refractivity contribution is -0.133. The predicted octanol–water partition coefficient (Wildman–Crippen LogP) is 2.89. The Hall–Kier alpha value is -1.88. The molecular weight excluding hydrogens is 326 g/mol. The number of benzene rings is 1. The van der Waals surface area contributed by atoms with E-state index >= 15 is 0 Å². The van der Waals surface area contributed by atoms with Gasteiger partial charge in [0.2, 0.25) is 11.8 Å². The molecule has 5 heteroatoms. The summed E-state index contributed by atoms with van der Waals surface area (Å²) in [6.07, 6.45) is 2.31.